The van der Waals surface area contributed by atoms with Gasteiger partial charge in [0.05, 0.1) is 16.5 Å². The number of rotatable bonds is 10. The van der Waals surface area contributed by atoms with Gasteiger partial charge in [-0.25, -0.2) is 19.4 Å². The van der Waals surface area contributed by atoms with E-state index in [0.29, 0.717) is 18.4 Å². The molecule has 0 aliphatic carbocycles. The number of carbonyl (C=O) groups is 2. The zero-order chi connectivity index (χ0) is 22.0. The quantitative estimate of drug-likeness (QED) is 0.168. The molecule has 2 amide bonds. The molecule has 5 N–H and O–H groups in total. The first-order valence-electron chi connectivity index (χ1n) is 9.10. The Morgan fingerprint density at radius 1 is 0.967 bits per heavy atom. The van der Waals surface area contributed by atoms with Crippen molar-refractivity contribution in [1.29, 1.82) is 0 Å². The van der Waals surface area contributed by atoms with Crippen LogP contribution in [0.2, 0.25) is 0 Å². The summed E-state index contributed by atoms with van der Waals surface area (Å²) in [5, 5.41) is 17.6. The van der Waals surface area contributed by atoms with E-state index in [0.717, 1.165) is 6.08 Å². The molecule has 1 unspecified atom stereocenters. The molecule has 2 aromatic rings. The van der Waals surface area contributed by atoms with Crippen molar-refractivity contribution in [3.8, 4) is 0 Å². The molecule has 0 aliphatic heterocycles. The van der Waals surface area contributed by atoms with E-state index in [1.54, 1.807) is 47.9 Å². The van der Waals surface area contributed by atoms with Crippen LogP contribution in [0.3, 0.4) is 0 Å². The number of nitrogens with one attached hydrogen (secondary N) is 3. The van der Waals surface area contributed by atoms with Crippen LogP contribution in [0, 0.1) is 0 Å². The fourth-order valence-corrected chi connectivity index (χ4v) is 3.98. The van der Waals surface area contributed by atoms with Crippen LogP contribution in [0.1, 0.15) is 30.7 Å². The second kappa shape index (κ2) is 11.1. The number of para-hydroxylation sites is 1. The maximum atomic E-state index is 12.7. The molecule has 1 atom stereocenters. The van der Waals surface area contributed by atoms with E-state index in [-0.39, 0.29) is 17.0 Å². The summed E-state index contributed by atoms with van der Waals surface area (Å²) < 4.78 is 27.9. The molecule has 0 heterocycles. The minimum Gasteiger partial charge on any atom is -0.289 e. The van der Waals surface area contributed by atoms with E-state index in [9.17, 15) is 18.0 Å². The molecule has 0 fully saturated rings. The van der Waals surface area contributed by atoms with Crippen LogP contribution < -0.4 is 15.7 Å². The summed E-state index contributed by atoms with van der Waals surface area (Å²) in [6, 6.07) is 14.3. The molecule has 30 heavy (non-hydrogen) atoms. The number of benzene rings is 2. The second-order valence-electron chi connectivity index (χ2n) is 6.34. The van der Waals surface area contributed by atoms with Gasteiger partial charge in [-0.2, -0.15) is 0 Å². The van der Waals surface area contributed by atoms with Crippen LogP contribution >= 0.6 is 0 Å². The first-order chi connectivity index (χ1) is 14.4. The van der Waals surface area contributed by atoms with Gasteiger partial charge in [-0.3, -0.25) is 24.7 Å². The van der Waals surface area contributed by atoms with Gasteiger partial charge in [0.25, 0.3) is 21.8 Å². The first kappa shape index (κ1) is 23.1. The average Bonchev–Trinajstić information content (AvgIpc) is 2.76. The van der Waals surface area contributed by atoms with E-state index in [1.165, 1.54) is 23.7 Å². The fraction of sp³-hybridized carbons (Fsp3) is 0.200. The minimum atomic E-state index is -3.87. The number of hydrogen-bond acceptors (Lipinski definition) is 6. The van der Waals surface area contributed by atoms with Crippen molar-refractivity contribution in [3.05, 3.63) is 72.3 Å². The minimum absolute atomic E-state index is 0.0789. The smallest absolute Gasteiger partial charge is 0.267 e. The number of amides is 2. The molecule has 0 spiro atoms. The van der Waals surface area contributed by atoms with Crippen molar-refractivity contribution in [2.24, 2.45) is 0 Å². The highest BCUT2D eigenvalue weighted by Crippen LogP contribution is 2.30. The van der Waals surface area contributed by atoms with E-state index in [2.05, 4.69) is 4.72 Å². The highest BCUT2D eigenvalue weighted by Gasteiger charge is 2.24. The molecule has 0 aliphatic rings. The standard InChI is InChI=1S/C20H23N3O6S/c24-19(21-26)14-6-2-5-12-17(20(25)22-27)16-11-7-8-13-18(16)23-30(28,29)15-9-3-1-4-10-15/h1,3-4,6-11,13-14,17,23,26-27H,2,5,12H2,(H,21,24)(H,22,25)/b14-6+. The molecular weight excluding hydrogens is 410 g/mol. The molecule has 0 radical (unpaired) electrons. The van der Waals surface area contributed by atoms with Crippen LogP contribution in [0.4, 0.5) is 5.69 Å². The van der Waals surface area contributed by atoms with Gasteiger partial charge >= 0.3 is 0 Å². The van der Waals surface area contributed by atoms with Crippen LogP contribution in [0.25, 0.3) is 0 Å². The summed E-state index contributed by atoms with van der Waals surface area (Å²) in [5.74, 6) is -2.18. The normalized spacial score (nSPS) is 12.3. The van der Waals surface area contributed by atoms with Gasteiger partial charge in [0.1, 0.15) is 0 Å². The Hall–Kier alpha value is -3.21. The molecule has 10 heteroatoms. The maximum Gasteiger partial charge on any atom is 0.267 e. The van der Waals surface area contributed by atoms with Gasteiger partial charge < -0.3 is 0 Å². The fourth-order valence-electron chi connectivity index (χ4n) is 2.87. The van der Waals surface area contributed by atoms with E-state index in [1.807, 2.05) is 0 Å². The highest BCUT2D eigenvalue weighted by atomic mass is 32.2. The lowest BCUT2D eigenvalue weighted by molar-refractivity contribution is -0.131. The molecular formula is C20H23N3O6S. The largest absolute Gasteiger partial charge is 0.289 e. The van der Waals surface area contributed by atoms with Gasteiger partial charge in [-0.1, -0.05) is 42.5 Å². The van der Waals surface area contributed by atoms with E-state index >= 15 is 0 Å². The van der Waals surface area contributed by atoms with Crippen LogP contribution in [-0.4, -0.2) is 30.6 Å². The Bertz CT molecular complexity index is 993. The number of sulfonamides is 1. The van der Waals surface area contributed by atoms with Crippen molar-refractivity contribution in [2.45, 2.75) is 30.1 Å². The van der Waals surface area contributed by atoms with E-state index < -0.39 is 27.8 Å². The lowest BCUT2D eigenvalue weighted by Gasteiger charge is -2.19. The van der Waals surface area contributed by atoms with Crippen molar-refractivity contribution in [3.63, 3.8) is 0 Å². The van der Waals surface area contributed by atoms with Crippen LogP contribution in [0.15, 0.2) is 71.6 Å². The number of hydroxylamine groups is 2. The monoisotopic (exact) mass is 433 g/mol. The Kier molecular flexibility index (Phi) is 8.54. The third kappa shape index (κ3) is 6.41. The van der Waals surface area contributed by atoms with Crippen molar-refractivity contribution in [2.75, 3.05) is 4.72 Å². The molecule has 0 saturated heterocycles. The zero-order valence-corrected chi connectivity index (χ0v) is 16.8. The van der Waals surface area contributed by atoms with Gasteiger partial charge in [0, 0.05) is 6.08 Å². The summed E-state index contributed by atoms with van der Waals surface area (Å²) in [5.41, 5.74) is 3.73. The molecule has 2 aromatic carbocycles. The number of unbranched alkanes of at least 4 members (excludes halogenated alkanes) is 1. The third-order valence-electron chi connectivity index (χ3n) is 4.30. The Morgan fingerprint density at radius 3 is 2.30 bits per heavy atom. The lowest BCUT2D eigenvalue weighted by Crippen LogP contribution is -2.27. The predicted molar refractivity (Wildman–Crippen MR) is 109 cm³/mol. The van der Waals surface area contributed by atoms with Gasteiger partial charge in [-0.05, 0) is 43.0 Å². The van der Waals surface area contributed by atoms with Crippen LogP contribution in [-0.2, 0) is 19.6 Å². The van der Waals surface area contributed by atoms with Crippen molar-refractivity contribution in [1.82, 2.24) is 11.0 Å². The van der Waals surface area contributed by atoms with Gasteiger partial charge in [0.2, 0.25) is 0 Å². The molecule has 2 rings (SSSR count). The van der Waals surface area contributed by atoms with Crippen LogP contribution in [0.5, 0.6) is 0 Å². The summed E-state index contributed by atoms with van der Waals surface area (Å²) in [6.45, 7) is 0. The molecule has 0 bridgehead atoms. The Morgan fingerprint density at radius 2 is 1.63 bits per heavy atom. The Labute approximate surface area is 174 Å². The highest BCUT2D eigenvalue weighted by molar-refractivity contribution is 7.92. The predicted octanol–water partition coefficient (Wildman–Crippen LogP) is 2.31. The Balaban J connectivity index is 2.22. The molecule has 0 aromatic heterocycles. The number of anilines is 1. The molecule has 0 saturated carbocycles. The van der Waals surface area contributed by atoms with Gasteiger partial charge in [-0.15, -0.1) is 0 Å². The van der Waals surface area contributed by atoms with Crippen molar-refractivity contribution >= 4 is 27.5 Å². The second-order valence-corrected chi connectivity index (χ2v) is 8.03. The molecule has 160 valence electrons. The topological polar surface area (TPSA) is 145 Å². The lowest BCUT2D eigenvalue weighted by atomic mass is 9.91. The van der Waals surface area contributed by atoms with Gasteiger partial charge in [0.15, 0.2) is 0 Å². The number of allylic oxidation sites excluding steroid dienone is 1. The SMILES string of the molecule is O=C(/C=C/CCCC(C(=O)NO)c1ccccc1NS(=O)(=O)c1ccccc1)NO. The number of carbonyl (C=O) groups excluding carboxylic acids is 2. The first-order valence-corrected chi connectivity index (χ1v) is 10.6. The maximum absolute atomic E-state index is 12.7. The van der Waals surface area contributed by atoms with Crippen molar-refractivity contribution < 1.29 is 28.4 Å². The average molecular weight is 433 g/mol. The summed E-state index contributed by atoms with van der Waals surface area (Å²) in [4.78, 5) is 23.3. The summed E-state index contributed by atoms with van der Waals surface area (Å²) >= 11 is 0. The zero-order valence-electron chi connectivity index (χ0n) is 16.0. The third-order valence-corrected chi connectivity index (χ3v) is 5.69. The summed E-state index contributed by atoms with van der Waals surface area (Å²) in [7, 11) is -3.87. The summed E-state index contributed by atoms with van der Waals surface area (Å²) in [6.07, 6.45) is 3.86. The molecule has 9 nitrogen and oxygen atoms in total. The number of hydrogen-bond donors (Lipinski definition) is 5. The van der Waals surface area contributed by atoms with E-state index in [4.69, 9.17) is 10.4 Å².